The van der Waals surface area contributed by atoms with Gasteiger partial charge in [-0.3, -0.25) is 4.79 Å². The monoisotopic (exact) mass is 284 g/mol. The number of nitrogens with one attached hydrogen (secondary N) is 1. The van der Waals surface area contributed by atoms with Crippen LogP contribution < -0.4 is 5.32 Å². The van der Waals surface area contributed by atoms with Gasteiger partial charge in [0, 0.05) is 49.8 Å². The summed E-state index contributed by atoms with van der Waals surface area (Å²) < 4.78 is 1.99. The predicted octanol–water partition coefficient (Wildman–Crippen LogP) is 2.30. The van der Waals surface area contributed by atoms with Gasteiger partial charge in [-0.15, -0.1) is 0 Å². The van der Waals surface area contributed by atoms with Crippen molar-refractivity contribution in [3.63, 3.8) is 0 Å². The number of piperidine rings is 1. The molecule has 1 aliphatic heterocycles. The van der Waals surface area contributed by atoms with Gasteiger partial charge in [-0.1, -0.05) is 6.07 Å². The van der Waals surface area contributed by atoms with Gasteiger partial charge in [0.25, 0.3) is 0 Å². The number of carbonyl (C=O) groups excluding carboxylic acids is 1. The molecule has 1 aliphatic rings. The third-order valence-electron chi connectivity index (χ3n) is 3.96. The Labute approximate surface area is 124 Å². The van der Waals surface area contributed by atoms with E-state index in [2.05, 4.69) is 28.5 Å². The van der Waals surface area contributed by atoms with Crippen LogP contribution in [0.4, 0.5) is 5.69 Å². The van der Waals surface area contributed by atoms with Gasteiger partial charge >= 0.3 is 0 Å². The average molecular weight is 284 g/mol. The fourth-order valence-corrected chi connectivity index (χ4v) is 2.74. The standard InChI is InChI=1S/C16H20N4O/c1-13(21)19-8-5-14(6-9-19)18-15-3-2-4-16(11-15)20-10-7-17-12-20/h2-4,7,10-12,14,18H,5-6,8-9H2,1H3. The lowest BCUT2D eigenvalue weighted by Crippen LogP contribution is -2.41. The number of hydrogen-bond donors (Lipinski definition) is 1. The lowest BCUT2D eigenvalue weighted by molar-refractivity contribution is -0.129. The van der Waals surface area contributed by atoms with Crippen molar-refractivity contribution >= 4 is 11.6 Å². The Kier molecular flexibility index (Phi) is 3.90. The molecular weight excluding hydrogens is 264 g/mol. The van der Waals surface area contributed by atoms with Crippen LogP contribution in [0.2, 0.25) is 0 Å². The van der Waals surface area contributed by atoms with E-state index in [1.165, 1.54) is 0 Å². The summed E-state index contributed by atoms with van der Waals surface area (Å²) in [6, 6.07) is 8.74. The Morgan fingerprint density at radius 1 is 1.33 bits per heavy atom. The number of benzene rings is 1. The molecule has 0 atom stereocenters. The maximum atomic E-state index is 11.3. The molecule has 0 bridgehead atoms. The molecule has 5 heteroatoms. The lowest BCUT2D eigenvalue weighted by Gasteiger charge is -2.32. The number of aromatic nitrogens is 2. The molecule has 0 spiro atoms. The second kappa shape index (κ2) is 5.99. The first-order chi connectivity index (χ1) is 10.2. The summed E-state index contributed by atoms with van der Waals surface area (Å²) >= 11 is 0. The van der Waals surface area contributed by atoms with Gasteiger partial charge in [0.15, 0.2) is 0 Å². The minimum absolute atomic E-state index is 0.176. The number of carbonyl (C=O) groups is 1. The topological polar surface area (TPSA) is 50.2 Å². The minimum Gasteiger partial charge on any atom is -0.382 e. The Morgan fingerprint density at radius 3 is 2.81 bits per heavy atom. The van der Waals surface area contributed by atoms with Crippen LogP contribution in [0.25, 0.3) is 5.69 Å². The van der Waals surface area contributed by atoms with Crippen LogP contribution in [0.1, 0.15) is 19.8 Å². The summed E-state index contributed by atoms with van der Waals surface area (Å²) in [5.41, 5.74) is 2.21. The zero-order chi connectivity index (χ0) is 14.7. The van der Waals surface area contributed by atoms with E-state index in [1.807, 2.05) is 21.7 Å². The van der Waals surface area contributed by atoms with E-state index in [4.69, 9.17) is 0 Å². The predicted molar refractivity (Wildman–Crippen MR) is 82.5 cm³/mol. The lowest BCUT2D eigenvalue weighted by atomic mass is 10.0. The molecule has 1 aromatic heterocycles. The second-order valence-electron chi connectivity index (χ2n) is 5.44. The Hall–Kier alpha value is -2.30. The van der Waals surface area contributed by atoms with Crippen LogP contribution in [-0.4, -0.2) is 39.5 Å². The van der Waals surface area contributed by atoms with Gasteiger partial charge in [-0.2, -0.15) is 0 Å². The normalized spacial score (nSPS) is 16.0. The minimum atomic E-state index is 0.176. The third kappa shape index (κ3) is 3.24. The molecule has 0 saturated carbocycles. The summed E-state index contributed by atoms with van der Waals surface area (Å²) in [7, 11) is 0. The highest BCUT2D eigenvalue weighted by Crippen LogP contribution is 2.19. The van der Waals surface area contributed by atoms with Gasteiger partial charge in [-0.25, -0.2) is 4.98 Å². The SMILES string of the molecule is CC(=O)N1CCC(Nc2cccc(-n3ccnc3)c2)CC1. The van der Waals surface area contributed by atoms with Crippen LogP contribution in [0.5, 0.6) is 0 Å². The summed E-state index contributed by atoms with van der Waals surface area (Å²) in [5.74, 6) is 0.176. The molecule has 1 N–H and O–H groups in total. The maximum Gasteiger partial charge on any atom is 0.219 e. The van der Waals surface area contributed by atoms with Crippen molar-refractivity contribution in [1.29, 1.82) is 0 Å². The van der Waals surface area contributed by atoms with Gasteiger partial charge < -0.3 is 14.8 Å². The van der Waals surface area contributed by atoms with Crippen LogP contribution in [-0.2, 0) is 4.79 Å². The zero-order valence-corrected chi connectivity index (χ0v) is 12.2. The first-order valence-electron chi connectivity index (χ1n) is 7.33. The van der Waals surface area contributed by atoms with Crippen molar-refractivity contribution in [3.05, 3.63) is 43.0 Å². The van der Waals surface area contributed by atoms with Crippen molar-refractivity contribution in [1.82, 2.24) is 14.5 Å². The molecule has 21 heavy (non-hydrogen) atoms. The highest BCUT2D eigenvalue weighted by Gasteiger charge is 2.20. The van der Waals surface area contributed by atoms with Crippen molar-refractivity contribution in [2.75, 3.05) is 18.4 Å². The van der Waals surface area contributed by atoms with Gasteiger partial charge in [0.1, 0.15) is 0 Å². The van der Waals surface area contributed by atoms with E-state index in [0.29, 0.717) is 6.04 Å². The number of likely N-dealkylation sites (tertiary alicyclic amines) is 1. The van der Waals surface area contributed by atoms with Crippen LogP contribution >= 0.6 is 0 Å². The van der Waals surface area contributed by atoms with Gasteiger partial charge in [-0.05, 0) is 31.0 Å². The molecule has 5 nitrogen and oxygen atoms in total. The van der Waals surface area contributed by atoms with Gasteiger partial charge in [0.2, 0.25) is 5.91 Å². The number of rotatable bonds is 3. The van der Waals surface area contributed by atoms with E-state index in [-0.39, 0.29) is 5.91 Å². The van der Waals surface area contributed by atoms with E-state index >= 15 is 0 Å². The third-order valence-corrected chi connectivity index (χ3v) is 3.96. The van der Waals surface area contributed by atoms with E-state index in [0.717, 1.165) is 37.3 Å². The number of nitrogens with zero attached hydrogens (tertiary/aromatic N) is 3. The maximum absolute atomic E-state index is 11.3. The molecular formula is C16H20N4O. The number of anilines is 1. The highest BCUT2D eigenvalue weighted by atomic mass is 16.2. The molecule has 1 fully saturated rings. The molecule has 1 amide bonds. The molecule has 1 aromatic carbocycles. The second-order valence-corrected chi connectivity index (χ2v) is 5.44. The molecule has 2 heterocycles. The molecule has 110 valence electrons. The molecule has 1 saturated heterocycles. The van der Waals surface area contributed by atoms with E-state index in [9.17, 15) is 4.79 Å². The summed E-state index contributed by atoms with van der Waals surface area (Å²) in [4.78, 5) is 17.3. The molecule has 0 unspecified atom stereocenters. The van der Waals surface area contributed by atoms with Crippen LogP contribution in [0, 0.1) is 0 Å². The number of imidazole rings is 1. The molecule has 0 aliphatic carbocycles. The quantitative estimate of drug-likeness (QED) is 0.941. The fraction of sp³-hybridized carbons (Fsp3) is 0.375. The summed E-state index contributed by atoms with van der Waals surface area (Å²) in [6.07, 6.45) is 7.50. The van der Waals surface area contributed by atoms with Crippen molar-refractivity contribution in [3.8, 4) is 5.69 Å². The molecule has 2 aromatic rings. The highest BCUT2D eigenvalue weighted by molar-refractivity contribution is 5.73. The largest absolute Gasteiger partial charge is 0.382 e. The van der Waals surface area contributed by atoms with Crippen molar-refractivity contribution in [2.24, 2.45) is 0 Å². The van der Waals surface area contributed by atoms with E-state index < -0.39 is 0 Å². The van der Waals surface area contributed by atoms with Gasteiger partial charge in [0.05, 0.1) is 6.33 Å². The first kappa shape index (κ1) is 13.7. The Morgan fingerprint density at radius 2 is 2.14 bits per heavy atom. The summed E-state index contributed by atoms with van der Waals surface area (Å²) in [5, 5.41) is 3.57. The zero-order valence-electron chi connectivity index (χ0n) is 12.2. The molecule has 0 radical (unpaired) electrons. The Balaban J connectivity index is 1.64. The molecule has 3 rings (SSSR count). The smallest absolute Gasteiger partial charge is 0.219 e. The van der Waals surface area contributed by atoms with Crippen LogP contribution in [0.15, 0.2) is 43.0 Å². The number of amides is 1. The number of hydrogen-bond acceptors (Lipinski definition) is 3. The Bertz CT molecular complexity index is 600. The van der Waals surface area contributed by atoms with Crippen molar-refractivity contribution in [2.45, 2.75) is 25.8 Å². The fourth-order valence-electron chi connectivity index (χ4n) is 2.74. The van der Waals surface area contributed by atoms with Crippen molar-refractivity contribution < 1.29 is 4.79 Å². The first-order valence-corrected chi connectivity index (χ1v) is 7.33. The van der Waals surface area contributed by atoms with Crippen LogP contribution in [0.3, 0.4) is 0 Å². The average Bonchev–Trinajstić information content (AvgIpc) is 3.02. The van der Waals surface area contributed by atoms with E-state index in [1.54, 1.807) is 19.4 Å². The summed E-state index contributed by atoms with van der Waals surface area (Å²) in [6.45, 7) is 3.32.